The SMILES string of the molecule is FC(F)(F)c1ccccc1.Fc1ccc(Cl)cc1C(F)(F)F. The summed E-state index contributed by atoms with van der Waals surface area (Å²) in [7, 11) is 0. The first-order valence-electron chi connectivity index (χ1n) is 5.66. The van der Waals surface area contributed by atoms with Gasteiger partial charge >= 0.3 is 12.4 Å². The van der Waals surface area contributed by atoms with Crippen LogP contribution in [0, 0.1) is 5.82 Å². The van der Waals surface area contributed by atoms with Gasteiger partial charge in [0.2, 0.25) is 0 Å². The van der Waals surface area contributed by atoms with Crippen molar-refractivity contribution in [1.82, 2.24) is 0 Å². The molecule has 0 saturated heterocycles. The predicted molar refractivity (Wildman–Crippen MR) is 67.9 cm³/mol. The second-order valence-corrected chi connectivity index (χ2v) is 4.42. The minimum absolute atomic E-state index is 0.135. The van der Waals surface area contributed by atoms with Gasteiger partial charge in [0.05, 0.1) is 11.1 Å². The molecule has 0 aliphatic rings. The quantitative estimate of drug-likeness (QED) is 0.499. The van der Waals surface area contributed by atoms with Crippen LogP contribution in [0.25, 0.3) is 0 Å². The lowest BCUT2D eigenvalue weighted by molar-refractivity contribution is -0.140. The Labute approximate surface area is 126 Å². The lowest BCUT2D eigenvalue weighted by atomic mass is 10.2. The summed E-state index contributed by atoms with van der Waals surface area (Å²) >= 11 is 5.26. The number of halogens is 8. The first-order valence-corrected chi connectivity index (χ1v) is 6.04. The molecule has 0 spiro atoms. The summed E-state index contributed by atoms with van der Waals surface area (Å²) in [5, 5.41) is -0.135. The third kappa shape index (κ3) is 5.55. The van der Waals surface area contributed by atoms with E-state index in [-0.39, 0.29) is 5.02 Å². The number of rotatable bonds is 0. The Hall–Kier alpha value is -1.76. The van der Waals surface area contributed by atoms with E-state index in [1.807, 2.05) is 0 Å². The van der Waals surface area contributed by atoms with E-state index in [1.165, 1.54) is 12.1 Å². The molecule has 0 aliphatic carbocycles. The summed E-state index contributed by atoms with van der Waals surface area (Å²) in [6, 6.07) is 8.66. The van der Waals surface area contributed by atoms with Gasteiger partial charge in [-0.15, -0.1) is 0 Å². The number of alkyl halides is 6. The molecule has 2 aromatic carbocycles. The van der Waals surface area contributed by atoms with E-state index < -0.39 is 29.3 Å². The van der Waals surface area contributed by atoms with Crippen molar-refractivity contribution in [3.63, 3.8) is 0 Å². The van der Waals surface area contributed by atoms with Crippen LogP contribution in [0.2, 0.25) is 5.02 Å². The molecule has 2 aromatic rings. The fraction of sp³-hybridized carbons (Fsp3) is 0.143. The molecule has 0 aliphatic heterocycles. The molecule has 0 N–H and O–H groups in total. The van der Waals surface area contributed by atoms with E-state index in [0.717, 1.165) is 18.2 Å². The molecule has 2 rings (SSSR count). The minimum atomic E-state index is -4.69. The van der Waals surface area contributed by atoms with E-state index in [0.29, 0.717) is 12.1 Å². The van der Waals surface area contributed by atoms with Gasteiger partial charge in [-0.1, -0.05) is 41.9 Å². The average molecular weight is 345 g/mol. The molecule has 0 atom stereocenters. The van der Waals surface area contributed by atoms with E-state index in [1.54, 1.807) is 6.07 Å². The van der Waals surface area contributed by atoms with E-state index in [4.69, 9.17) is 11.6 Å². The summed E-state index contributed by atoms with van der Waals surface area (Å²) in [6.07, 6.45) is -8.89. The van der Waals surface area contributed by atoms with Gasteiger partial charge in [0.15, 0.2) is 0 Å². The Morgan fingerprint density at radius 3 is 1.64 bits per heavy atom. The van der Waals surface area contributed by atoms with E-state index >= 15 is 0 Å². The van der Waals surface area contributed by atoms with Crippen molar-refractivity contribution in [3.05, 3.63) is 70.5 Å². The second kappa shape index (κ2) is 7.00. The molecule has 0 radical (unpaired) electrons. The van der Waals surface area contributed by atoms with Crippen molar-refractivity contribution in [2.24, 2.45) is 0 Å². The third-order valence-corrected chi connectivity index (χ3v) is 2.57. The third-order valence-electron chi connectivity index (χ3n) is 2.33. The molecule has 0 amide bonds. The van der Waals surface area contributed by atoms with Gasteiger partial charge in [-0.25, -0.2) is 4.39 Å². The van der Waals surface area contributed by atoms with Crippen LogP contribution in [0.5, 0.6) is 0 Å². The number of benzene rings is 2. The monoisotopic (exact) mass is 344 g/mol. The molecular weight excluding hydrogens is 337 g/mol. The van der Waals surface area contributed by atoms with Crippen LogP contribution in [0.1, 0.15) is 11.1 Å². The Bertz CT molecular complexity index is 603. The Morgan fingerprint density at radius 1 is 0.727 bits per heavy atom. The summed E-state index contributed by atoms with van der Waals surface area (Å²) in [5.74, 6) is -1.31. The van der Waals surface area contributed by atoms with Gasteiger partial charge < -0.3 is 0 Å². The topological polar surface area (TPSA) is 0 Å². The summed E-state index contributed by atoms with van der Waals surface area (Å²) < 4.78 is 83.6. The zero-order valence-corrected chi connectivity index (χ0v) is 11.4. The molecule has 0 heterocycles. The predicted octanol–water partition coefficient (Wildman–Crippen LogP) is 6.20. The van der Waals surface area contributed by atoms with Gasteiger partial charge in [0.25, 0.3) is 0 Å². The van der Waals surface area contributed by atoms with Crippen LogP contribution in [0.4, 0.5) is 30.7 Å². The molecule has 0 bridgehead atoms. The highest BCUT2D eigenvalue weighted by Crippen LogP contribution is 2.32. The van der Waals surface area contributed by atoms with Gasteiger partial charge in [0, 0.05) is 5.02 Å². The standard InChI is InChI=1S/C7H3ClF4.C7H5F3/c8-4-1-2-6(9)5(3-4)7(10,11)12;8-7(9,10)6-4-2-1-3-5-6/h1-3H;1-5H. The Morgan fingerprint density at radius 2 is 1.27 bits per heavy atom. The zero-order chi connectivity index (χ0) is 17.0. The van der Waals surface area contributed by atoms with Crippen LogP contribution in [-0.4, -0.2) is 0 Å². The van der Waals surface area contributed by atoms with Crippen LogP contribution >= 0.6 is 11.6 Å². The molecule has 0 nitrogen and oxygen atoms in total. The number of hydrogen-bond donors (Lipinski definition) is 0. The van der Waals surface area contributed by atoms with E-state index in [2.05, 4.69) is 0 Å². The molecule has 0 unspecified atom stereocenters. The lowest BCUT2D eigenvalue weighted by Gasteiger charge is -2.07. The van der Waals surface area contributed by atoms with Crippen molar-refractivity contribution in [1.29, 1.82) is 0 Å². The zero-order valence-electron chi connectivity index (χ0n) is 10.6. The van der Waals surface area contributed by atoms with Crippen molar-refractivity contribution in [2.45, 2.75) is 12.4 Å². The smallest absolute Gasteiger partial charge is 0.206 e. The van der Waals surface area contributed by atoms with Crippen LogP contribution < -0.4 is 0 Å². The molecule has 22 heavy (non-hydrogen) atoms. The molecule has 0 aromatic heterocycles. The van der Waals surface area contributed by atoms with E-state index in [9.17, 15) is 30.7 Å². The summed E-state index contributed by atoms with van der Waals surface area (Å²) in [6.45, 7) is 0. The first kappa shape index (κ1) is 18.3. The minimum Gasteiger partial charge on any atom is -0.206 e. The van der Waals surface area contributed by atoms with Crippen molar-refractivity contribution < 1.29 is 30.7 Å². The molecule has 0 fully saturated rings. The fourth-order valence-electron chi connectivity index (χ4n) is 1.34. The highest BCUT2D eigenvalue weighted by atomic mass is 35.5. The van der Waals surface area contributed by atoms with Crippen LogP contribution in [0.3, 0.4) is 0 Å². The molecular formula is C14H8ClF7. The largest absolute Gasteiger partial charge is 0.419 e. The Balaban J connectivity index is 0.000000224. The van der Waals surface area contributed by atoms with Gasteiger partial charge in [-0.05, 0) is 18.2 Å². The normalized spacial score (nSPS) is 11.6. The fourth-order valence-corrected chi connectivity index (χ4v) is 1.51. The maximum atomic E-state index is 12.5. The van der Waals surface area contributed by atoms with Crippen molar-refractivity contribution >= 4 is 11.6 Å². The lowest BCUT2D eigenvalue weighted by Crippen LogP contribution is -2.07. The van der Waals surface area contributed by atoms with Crippen LogP contribution in [-0.2, 0) is 12.4 Å². The van der Waals surface area contributed by atoms with Crippen LogP contribution in [0.15, 0.2) is 48.5 Å². The maximum Gasteiger partial charge on any atom is 0.419 e. The molecule has 120 valence electrons. The second-order valence-electron chi connectivity index (χ2n) is 3.99. The Kier molecular flexibility index (Phi) is 5.82. The highest BCUT2D eigenvalue weighted by molar-refractivity contribution is 6.30. The average Bonchev–Trinajstić information content (AvgIpc) is 2.41. The molecule has 8 heteroatoms. The summed E-state index contributed by atoms with van der Waals surface area (Å²) in [4.78, 5) is 0. The number of hydrogen-bond acceptors (Lipinski definition) is 0. The summed E-state index contributed by atoms with van der Waals surface area (Å²) in [5.41, 5.74) is -1.94. The van der Waals surface area contributed by atoms with Gasteiger partial charge in [-0.3, -0.25) is 0 Å². The van der Waals surface area contributed by atoms with Crippen molar-refractivity contribution in [2.75, 3.05) is 0 Å². The first-order chi connectivity index (χ1) is 10.0. The van der Waals surface area contributed by atoms with Gasteiger partial charge in [-0.2, -0.15) is 26.3 Å². The molecule has 0 saturated carbocycles. The van der Waals surface area contributed by atoms with Crippen molar-refractivity contribution in [3.8, 4) is 0 Å². The highest BCUT2D eigenvalue weighted by Gasteiger charge is 2.34. The van der Waals surface area contributed by atoms with Gasteiger partial charge in [0.1, 0.15) is 5.82 Å². The maximum absolute atomic E-state index is 12.5.